The van der Waals surface area contributed by atoms with Crippen molar-refractivity contribution in [2.75, 3.05) is 0 Å². The summed E-state index contributed by atoms with van der Waals surface area (Å²) in [5, 5.41) is 25.2. The van der Waals surface area contributed by atoms with Crippen LogP contribution in [0.25, 0.3) is 0 Å². The third-order valence-corrected chi connectivity index (χ3v) is 0. The molecule has 0 aromatic heterocycles. The van der Waals surface area contributed by atoms with Crippen LogP contribution in [-0.4, -0.2) is 7.32 Å². The monoisotopic (exact) mass is 144 g/mol. The van der Waals surface area contributed by atoms with Crippen LogP contribution in [0.2, 0.25) is 0 Å². The molecular weight excluding hydrogens is 140 g/mol. The van der Waals surface area contributed by atoms with Crippen LogP contribution in [0.4, 0.5) is 0 Å². The fraction of sp³-hybridized carbons (Fsp3) is 1.00. The van der Waals surface area contributed by atoms with Gasteiger partial charge in [-0.2, -0.15) is 0 Å². The molecule has 0 radical (unpaired) electrons. The summed E-state index contributed by atoms with van der Waals surface area (Å²) in [6.45, 7) is 0. The molecule has 0 atom stereocenters. The molecule has 0 spiro atoms. The Morgan fingerprint density at radius 1 is 0.750 bits per heavy atom. The summed E-state index contributed by atoms with van der Waals surface area (Å²) in [5.41, 5.74) is 0. The first-order valence-electron chi connectivity index (χ1n) is 0.707. The van der Waals surface area contributed by atoms with Gasteiger partial charge in [-0.05, 0) is 0 Å². The van der Waals surface area contributed by atoms with E-state index < -0.39 is 7.32 Å². The van der Waals surface area contributed by atoms with Gasteiger partial charge in [0.2, 0.25) is 0 Å². The van der Waals surface area contributed by atoms with Crippen molar-refractivity contribution >= 4 is 7.32 Å². The molecular formula is CH4BNa3O3. The molecule has 0 aliphatic heterocycles. The molecule has 0 saturated heterocycles. The molecule has 0 rings (SSSR count). The van der Waals surface area contributed by atoms with Crippen molar-refractivity contribution in [1.82, 2.24) is 0 Å². The summed E-state index contributed by atoms with van der Waals surface area (Å²) >= 11 is 0. The Balaban J connectivity index is -0.00000000750. The van der Waals surface area contributed by atoms with Gasteiger partial charge in [-0.1, -0.05) is 7.43 Å². The average Bonchev–Trinajstić information content (AvgIpc) is 0.811. The number of hydrogen-bond donors (Lipinski definition) is 0. The largest absolute Gasteiger partial charge is 1.00 e. The first-order chi connectivity index (χ1) is 1.73. The maximum atomic E-state index is 8.42. The zero-order chi connectivity index (χ0) is 3.58. The van der Waals surface area contributed by atoms with Crippen molar-refractivity contribution in [1.29, 1.82) is 0 Å². The van der Waals surface area contributed by atoms with Crippen LogP contribution in [0.1, 0.15) is 7.43 Å². The molecule has 3 nitrogen and oxygen atoms in total. The third kappa shape index (κ3) is 65.1. The van der Waals surface area contributed by atoms with Crippen LogP contribution in [0, 0.1) is 0 Å². The topological polar surface area (TPSA) is 69.2 Å². The molecule has 32 valence electrons. The van der Waals surface area contributed by atoms with E-state index in [9.17, 15) is 0 Å². The molecule has 8 heavy (non-hydrogen) atoms. The van der Waals surface area contributed by atoms with E-state index in [4.69, 9.17) is 15.1 Å². The molecule has 0 aliphatic rings. The zero-order valence-corrected chi connectivity index (χ0v) is 10.8. The molecule has 0 fully saturated rings. The van der Waals surface area contributed by atoms with Gasteiger partial charge in [-0.25, -0.2) is 0 Å². The van der Waals surface area contributed by atoms with E-state index in [1.165, 1.54) is 0 Å². The minimum absolute atomic E-state index is 0. The summed E-state index contributed by atoms with van der Waals surface area (Å²) in [5.74, 6) is 0. The van der Waals surface area contributed by atoms with Gasteiger partial charge in [-0.15, -0.1) is 0 Å². The van der Waals surface area contributed by atoms with Gasteiger partial charge < -0.3 is 15.1 Å². The van der Waals surface area contributed by atoms with E-state index in [1.807, 2.05) is 0 Å². The van der Waals surface area contributed by atoms with E-state index >= 15 is 0 Å². The Labute approximate surface area is 116 Å². The van der Waals surface area contributed by atoms with Crippen LogP contribution in [0.15, 0.2) is 0 Å². The summed E-state index contributed by atoms with van der Waals surface area (Å²) in [4.78, 5) is 0. The standard InChI is InChI=1S/CH4.BO3.3Na/c;2-1(3)4;;;/h1H4;;;;/q;-3;3*+1. The van der Waals surface area contributed by atoms with Crippen LogP contribution < -0.4 is 104 Å². The van der Waals surface area contributed by atoms with Crippen molar-refractivity contribution in [2.24, 2.45) is 0 Å². The molecule has 0 aromatic rings. The summed E-state index contributed by atoms with van der Waals surface area (Å²) in [6.07, 6.45) is 0. The minimum Gasteiger partial charge on any atom is -0.907 e. The molecule has 0 unspecified atom stereocenters. The zero-order valence-electron chi connectivity index (χ0n) is 4.80. The van der Waals surface area contributed by atoms with E-state index in [0.717, 1.165) is 0 Å². The van der Waals surface area contributed by atoms with Crippen LogP contribution in [-0.2, 0) is 0 Å². The van der Waals surface area contributed by atoms with Crippen LogP contribution in [0.3, 0.4) is 0 Å². The van der Waals surface area contributed by atoms with E-state index in [2.05, 4.69) is 0 Å². The van der Waals surface area contributed by atoms with Crippen LogP contribution in [0.5, 0.6) is 0 Å². The molecule has 0 aliphatic carbocycles. The molecule has 0 saturated carbocycles. The fourth-order valence-corrected chi connectivity index (χ4v) is 0. The Morgan fingerprint density at radius 2 is 0.750 bits per heavy atom. The normalized spacial score (nSPS) is 3.38. The predicted molar refractivity (Wildman–Crippen MR) is 12.5 cm³/mol. The van der Waals surface area contributed by atoms with Crippen molar-refractivity contribution in [2.45, 2.75) is 7.43 Å². The van der Waals surface area contributed by atoms with Gasteiger partial charge in [-0.3, -0.25) is 7.32 Å². The smallest absolute Gasteiger partial charge is 0.907 e. The summed E-state index contributed by atoms with van der Waals surface area (Å²) in [6, 6.07) is 0. The minimum atomic E-state index is -2.92. The molecule has 7 heteroatoms. The van der Waals surface area contributed by atoms with Crippen molar-refractivity contribution in [3.05, 3.63) is 0 Å². The Morgan fingerprint density at radius 3 is 0.750 bits per heavy atom. The first-order valence-corrected chi connectivity index (χ1v) is 0.707. The summed E-state index contributed by atoms with van der Waals surface area (Å²) in [7, 11) is -2.92. The number of hydrogen-bond acceptors (Lipinski definition) is 3. The molecule has 0 N–H and O–H groups in total. The van der Waals surface area contributed by atoms with Gasteiger partial charge in [0.15, 0.2) is 0 Å². The third-order valence-electron chi connectivity index (χ3n) is 0. The van der Waals surface area contributed by atoms with Gasteiger partial charge in [0.1, 0.15) is 0 Å². The second kappa shape index (κ2) is 22.5. The second-order valence-corrected chi connectivity index (χ2v) is 0.289. The number of rotatable bonds is 0. The quantitative estimate of drug-likeness (QED) is 0.317. The maximum absolute atomic E-state index is 8.42. The van der Waals surface area contributed by atoms with Crippen molar-refractivity contribution < 1.29 is 104 Å². The maximum Gasteiger partial charge on any atom is 1.00 e. The fourth-order valence-electron chi connectivity index (χ4n) is 0. The molecule has 0 bridgehead atoms. The van der Waals surface area contributed by atoms with Gasteiger partial charge >= 0.3 is 88.7 Å². The Bertz CT molecular complexity index is 19.2. The molecule has 0 aromatic carbocycles. The van der Waals surface area contributed by atoms with Gasteiger partial charge in [0.25, 0.3) is 0 Å². The first kappa shape index (κ1) is 30.6. The average molecular weight is 144 g/mol. The van der Waals surface area contributed by atoms with Gasteiger partial charge in [0, 0.05) is 0 Å². The Kier molecular flexibility index (Phi) is 86.2. The molecule has 0 amide bonds. The van der Waals surface area contributed by atoms with Gasteiger partial charge in [0.05, 0.1) is 0 Å². The SMILES string of the molecule is C.[Na+].[Na+].[Na+].[O-]B([O-])[O-]. The molecule has 0 heterocycles. The van der Waals surface area contributed by atoms with E-state index in [0.29, 0.717) is 0 Å². The van der Waals surface area contributed by atoms with Crippen molar-refractivity contribution in [3.8, 4) is 0 Å². The van der Waals surface area contributed by atoms with Crippen molar-refractivity contribution in [3.63, 3.8) is 0 Å². The van der Waals surface area contributed by atoms with E-state index in [-0.39, 0.29) is 96.1 Å². The summed E-state index contributed by atoms with van der Waals surface area (Å²) < 4.78 is 0. The van der Waals surface area contributed by atoms with E-state index in [1.54, 1.807) is 0 Å². The van der Waals surface area contributed by atoms with Crippen LogP contribution >= 0.6 is 0 Å². The second-order valence-electron chi connectivity index (χ2n) is 0.289. The Hall–Kier alpha value is 2.94. The predicted octanol–water partition coefficient (Wildman–Crippen LogP) is -12.3.